The minimum atomic E-state index is -0.621. The predicted molar refractivity (Wildman–Crippen MR) is 99.9 cm³/mol. The quantitative estimate of drug-likeness (QED) is 0.538. The first-order valence-electron chi connectivity index (χ1n) is 7.71. The Bertz CT molecular complexity index is 788. The molecule has 0 saturated carbocycles. The molecule has 1 aromatic heterocycles. The van der Waals surface area contributed by atoms with Crippen LogP contribution in [-0.2, 0) is 9.53 Å². The van der Waals surface area contributed by atoms with Crippen LogP contribution < -0.4 is 0 Å². The lowest BCUT2D eigenvalue weighted by Crippen LogP contribution is -2.35. The number of amides is 1. The van der Waals surface area contributed by atoms with Crippen LogP contribution in [-0.4, -0.2) is 41.5 Å². The van der Waals surface area contributed by atoms with Gasteiger partial charge in [-0.3, -0.25) is 4.79 Å². The van der Waals surface area contributed by atoms with Crippen LogP contribution in [0.4, 0.5) is 0 Å². The molecule has 132 valence electrons. The number of aromatic nitrogens is 1. The summed E-state index contributed by atoms with van der Waals surface area (Å²) in [5.41, 5.74) is 1.87. The van der Waals surface area contributed by atoms with Crippen molar-refractivity contribution in [2.75, 3.05) is 19.7 Å². The summed E-state index contributed by atoms with van der Waals surface area (Å²) in [4.78, 5) is 30.0. The van der Waals surface area contributed by atoms with Gasteiger partial charge < -0.3 is 9.64 Å². The fourth-order valence-corrected chi connectivity index (χ4v) is 3.09. The lowest BCUT2D eigenvalue weighted by molar-refractivity contribution is -0.133. The van der Waals surface area contributed by atoms with E-state index < -0.39 is 5.97 Å². The summed E-state index contributed by atoms with van der Waals surface area (Å²) in [6.45, 7) is 8.15. The molecule has 0 spiro atoms. The first-order chi connectivity index (χ1) is 11.9. The molecule has 0 bridgehead atoms. The van der Waals surface area contributed by atoms with E-state index in [0.29, 0.717) is 23.1 Å². The van der Waals surface area contributed by atoms with E-state index in [1.165, 1.54) is 11.3 Å². The second-order valence-corrected chi connectivity index (χ2v) is 6.78. The molecule has 0 radical (unpaired) electrons. The van der Waals surface area contributed by atoms with Gasteiger partial charge in [0, 0.05) is 29.1 Å². The molecule has 0 atom stereocenters. The van der Waals surface area contributed by atoms with Crippen LogP contribution in [0.25, 0.3) is 10.6 Å². The molecule has 7 heteroatoms. The average molecular weight is 379 g/mol. The van der Waals surface area contributed by atoms with Crippen molar-refractivity contribution in [3.63, 3.8) is 0 Å². The molecule has 25 heavy (non-hydrogen) atoms. The summed E-state index contributed by atoms with van der Waals surface area (Å²) in [7, 11) is 0. The highest BCUT2D eigenvalue weighted by atomic mass is 35.5. The van der Waals surface area contributed by atoms with Gasteiger partial charge in [0.25, 0.3) is 5.91 Å². The molecule has 0 saturated heterocycles. The number of halogens is 1. The monoisotopic (exact) mass is 378 g/mol. The van der Waals surface area contributed by atoms with Gasteiger partial charge in [0.2, 0.25) is 0 Å². The molecule has 2 aromatic rings. The molecular weight excluding hydrogens is 360 g/mol. The second-order valence-electron chi connectivity index (χ2n) is 5.49. The molecule has 0 unspecified atom stereocenters. The summed E-state index contributed by atoms with van der Waals surface area (Å²) in [5, 5.41) is 2.87. The van der Waals surface area contributed by atoms with Crippen LogP contribution >= 0.6 is 22.9 Å². The zero-order chi connectivity index (χ0) is 18.4. The van der Waals surface area contributed by atoms with Crippen molar-refractivity contribution in [1.29, 1.82) is 0 Å². The number of rotatable bonds is 7. The minimum Gasteiger partial charge on any atom is -0.451 e. The lowest BCUT2D eigenvalue weighted by Gasteiger charge is -2.20. The SMILES string of the molecule is C=C(C)CN(CC)C(=O)COC(=O)c1csc(-c2cccc(Cl)c2)n1. The number of carbonyl (C=O) groups excluding carboxylic acids is 2. The minimum absolute atomic E-state index is 0.177. The van der Waals surface area contributed by atoms with Crippen LogP contribution in [0.1, 0.15) is 24.3 Å². The fraction of sp³-hybridized carbons (Fsp3) is 0.278. The van der Waals surface area contributed by atoms with Crippen molar-refractivity contribution < 1.29 is 14.3 Å². The third-order valence-electron chi connectivity index (χ3n) is 3.31. The lowest BCUT2D eigenvalue weighted by atomic mass is 10.2. The van der Waals surface area contributed by atoms with Crippen molar-refractivity contribution >= 4 is 34.8 Å². The van der Waals surface area contributed by atoms with E-state index in [9.17, 15) is 9.59 Å². The summed E-state index contributed by atoms with van der Waals surface area (Å²) in [5.74, 6) is -0.881. The van der Waals surface area contributed by atoms with E-state index in [2.05, 4.69) is 11.6 Å². The van der Waals surface area contributed by atoms with Gasteiger partial charge >= 0.3 is 5.97 Å². The second kappa shape index (κ2) is 8.78. The molecule has 0 fully saturated rings. The Morgan fingerprint density at radius 1 is 1.40 bits per heavy atom. The van der Waals surface area contributed by atoms with Crippen molar-refractivity contribution in [2.24, 2.45) is 0 Å². The van der Waals surface area contributed by atoms with Crippen LogP contribution in [0.15, 0.2) is 41.8 Å². The van der Waals surface area contributed by atoms with E-state index in [4.69, 9.17) is 16.3 Å². The Morgan fingerprint density at radius 3 is 2.80 bits per heavy atom. The first-order valence-corrected chi connectivity index (χ1v) is 8.97. The number of hydrogen-bond donors (Lipinski definition) is 0. The van der Waals surface area contributed by atoms with Crippen molar-refractivity contribution in [3.8, 4) is 10.6 Å². The Hall–Kier alpha value is -2.18. The Morgan fingerprint density at radius 2 is 2.16 bits per heavy atom. The van der Waals surface area contributed by atoms with Gasteiger partial charge in [-0.25, -0.2) is 9.78 Å². The van der Waals surface area contributed by atoms with E-state index in [-0.39, 0.29) is 18.2 Å². The maximum Gasteiger partial charge on any atom is 0.358 e. The standard InChI is InChI=1S/C18H19ClN2O3S/c1-4-21(9-12(2)3)16(22)10-24-18(23)15-11-25-17(20-15)13-6-5-7-14(19)8-13/h5-8,11H,2,4,9-10H2,1,3H3. The third-order valence-corrected chi connectivity index (χ3v) is 4.43. The Kier molecular flexibility index (Phi) is 6.73. The zero-order valence-electron chi connectivity index (χ0n) is 14.1. The Labute approximate surface area is 155 Å². The van der Waals surface area contributed by atoms with E-state index in [1.54, 1.807) is 22.4 Å². The number of likely N-dealkylation sites (N-methyl/N-ethyl adjacent to an activating group) is 1. The van der Waals surface area contributed by atoms with E-state index in [1.807, 2.05) is 26.0 Å². The Balaban J connectivity index is 1.98. The summed E-state index contributed by atoms with van der Waals surface area (Å²) in [6, 6.07) is 7.22. The highest BCUT2D eigenvalue weighted by Crippen LogP contribution is 2.26. The first kappa shape index (κ1) is 19.1. The van der Waals surface area contributed by atoms with Gasteiger partial charge in [-0.1, -0.05) is 35.9 Å². The van der Waals surface area contributed by atoms with E-state index in [0.717, 1.165) is 11.1 Å². The molecule has 1 aromatic carbocycles. The number of ether oxygens (including phenoxy) is 1. The van der Waals surface area contributed by atoms with Crippen molar-refractivity contribution in [1.82, 2.24) is 9.88 Å². The molecule has 0 N–H and O–H groups in total. The van der Waals surface area contributed by atoms with Crippen molar-refractivity contribution in [3.05, 3.63) is 52.5 Å². The molecule has 0 aliphatic carbocycles. The van der Waals surface area contributed by atoms with Crippen LogP contribution in [0, 0.1) is 0 Å². The number of nitrogens with zero attached hydrogens (tertiary/aromatic N) is 2. The number of esters is 1. The highest BCUT2D eigenvalue weighted by molar-refractivity contribution is 7.13. The number of thiazole rings is 1. The topological polar surface area (TPSA) is 59.5 Å². The van der Waals surface area contributed by atoms with Gasteiger partial charge in [0.15, 0.2) is 12.3 Å². The predicted octanol–water partition coefficient (Wildman–Crippen LogP) is 4.04. The molecule has 1 amide bonds. The molecule has 0 aliphatic rings. The molecular formula is C18H19ClN2O3S. The van der Waals surface area contributed by atoms with Gasteiger partial charge in [-0.2, -0.15) is 0 Å². The molecule has 5 nitrogen and oxygen atoms in total. The number of hydrogen-bond acceptors (Lipinski definition) is 5. The van der Waals surface area contributed by atoms with Gasteiger partial charge in [0.05, 0.1) is 0 Å². The maximum atomic E-state index is 12.1. The van der Waals surface area contributed by atoms with E-state index >= 15 is 0 Å². The number of carbonyl (C=O) groups is 2. The zero-order valence-corrected chi connectivity index (χ0v) is 15.7. The van der Waals surface area contributed by atoms with Gasteiger partial charge in [0.1, 0.15) is 5.01 Å². The summed E-state index contributed by atoms with van der Waals surface area (Å²) in [6.07, 6.45) is 0. The summed E-state index contributed by atoms with van der Waals surface area (Å²) < 4.78 is 5.09. The highest BCUT2D eigenvalue weighted by Gasteiger charge is 2.17. The fourth-order valence-electron chi connectivity index (χ4n) is 2.12. The van der Waals surface area contributed by atoms with Crippen LogP contribution in [0.2, 0.25) is 5.02 Å². The molecule has 0 aliphatic heterocycles. The van der Waals surface area contributed by atoms with Crippen molar-refractivity contribution in [2.45, 2.75) is 13.8 Å². The normalized spacial score (nSPS) is 10.4. The maximum absolute atomic E-state index is 12.1. The van der Waals surface area contributed by atoms with Crippen LogP contribution in [0.5, 0.6) is 0 Å². The smallest absolute Gasteiger partial charge is 0.358 e. The molecule has 2 rings (SSSR count). The largest absolute Gasteiger partial charge is 0.451 e. The average Bonchev–Trinajstić information content (AvgIpc) is 3.07. The third kappa shape index (κ3) is 5.41. The number of benzene rings is 1. The van der Waals surface area contributed by atoms with Gasteiger partial charge in [-0.05, 0) is 26.0 Å². The van der Waals surface area contributed by atoms with Gasteiger partial charge in [-0.15, -0.1) is 11.3 Å². The molecule has 1 heterocycles. The van der Waals surface area contributed by atoms with Crippen LogP contribution in [0.3, 0.4) is 0 Å². The summed E-state index contributed by atoms with van der Waals surface area (Å²) >= 11 is 7.28.